The van der Waals surface area contributed by atoms with E-state index < -0.39 is 0 Å². The largest absolute Gasteiger partial charge is 0.334 e. The molecule has 0 aromatic heterocycles. The highest BCUT2D eigenvalue weighted by molar-refractivity contribution is 7.00. The third-order valence-electron chi connectivity index (χ3n) is 18.6. The van der Waals surface area contributed by atoms with Crippen LogP contribution in [0.1, 0.15) is 99.2 Å². The Morgan fingerprint density at radius 3 is 1.96 bits per heavy atom. The molecule has 3 heterocycles. The number of hydrogen-bond acceptors (Lipinski definition) is 3. The van der Waals surface area contributed by atoms with Crippen LogP contribution in [0.2, 0.25) is 0 Å². The lowest BCUT2D eigenvalue weighted by atomic mass is 9.33. The summed E-state index contributed by atoms with van der Waals surface area (Å²) in [6.45, 7) is 14.6. The second-order valence-corrected chi connectivity index (χ2v) is 23.6. The van der Waals surface area contributed by atoms with Gasteiger partial charge in [0.05, 0.1) is 11.2 Å². The first-order chi connectivity index (χ1) is 35.5. The van der Waals surface area contributed by atoms with E-state index in [0.29, 0.717) is 0 Å². The zero-order valence-corrected chi connectivity index (χ0v) is 43.0. The van der Waals surface area contributed by atoms with Crippen LogP contribution in [-0.4, -0.2) is 12.3 Å². The van der Waals surface area contributed by atoms with Crippen molar-refractivity contribution in [3.63, 3.8) is 0 Å². The van der Waals surface area contributed by atoms with E-state index in [1.807, 2.05) is 0 Å². The number of fused-ring (bicyclic) bond motifs is 13. The van der Waals surface area contributed by atoms with Crippen LogP contribution in [0.15, 0.2) is 182 Å². The van der Waals surface area contributed by atoms with Gasteiger partial charge < -0.3 is 14.7 Å². The highest BCUT2D eigenvalue weighted by Crippen LogP contribution is 2.62. The molecule has 2 atom stereocenters. The molecule has 0 saturated heterocycles. The van der Waals surface area contributed by atoms with Crippen molar-refractivity contribution < 1.29 is 0 Å². The van der Waals surface area contributed by atoms with Gasteiger partial charge in [0.25, 0.3) is 6.71 Å². The Kier molecular flexibility index (Phi) is 8.99. The second-order valence-electron chi connectivity index (χ2n) is 23.6. The van der Waals surface area contributed by atoms with Crippen LogP contribution in [-0.2, 0) is 23.7 Å². The third kappa shape index (κ3) is 6.01. The Morgan fingerprint density at radius 2 is 1.15 bits per heavy atom. The average molecular weight is 942 g/mol. The SMILES string of the molecule is Cc1cc2c3c(c1)N(c1cccc4c1Cc1ccccc1-4)c1cc(N4c5ccc(-c6ccccc6)cc5C5(C)CCCCC45C)ccc1B3c1cc(C(C)(C)C)ccc1N2c1ccc2c(c1)-c1ccccc1C2. The topological polar surface area (TPSA) is 9.72 Å². The Bertz CT molecular complexity index is 3820. The molecule has 4 heteroatoms. The van der Waals surface area contributed by atoms with Gasteiger partial charge in [0.2, 0.25) is 0 Å². The van der Waals surface area contributed by atoms with Gasteiger partial charge in [0.1, 0.15) is 0 Å². The van der Waals surface area contributed by atoms with Crippen molar-refractivity contribution in [2.75, 3.05) is 14.7 Å². The molecular formula is C69H60BN3. The van der Waals surface area contributed by atoms with Crippen molar-refractivity contribution in [1.82, 2.24) is 0 Å². The number of benzene rings is 9. The first-order valence-corrected chi connectivity index (χ1v) is 26.9. The molecule has 1 saturated carbocycles. The van der Waals surface area contributed by atoms with Gasteiger partial charge in [-0.3, -0.25) is 0 Å². The second kappa shape index (κ2) is 15.2. The molecule has 0 N–H and O–H groups in total. The number of aryl methyl sites for hydroxylation is 1. The molecular weight excluding hydrogens is 882 g/mol. The summed E-state index contributed by atoms with van der Waals surface area (Å²) in [6, 6.07) is 70.8. The molecule has 0 amide bonds. The van der Waals surface area contributed by atoms with Gasteiger partial charge in [-0.2, -0.15) is 0 Å². The molecule has 0 spiro atoms. The van der Waals surface area contributed by atoms with E-state index in [0.717, 1.165) is 19.3 Å². The van der Waals surface area contributed by atoms with Gasteiger partial charge in [-0.15, -0.1) is 0 Å². The Labute approximate surface area is 431 Å². The molecule has 6 aliphatic rings. The fourth-order valence-electron chi connectivity index (χ4n) is 14.8. The molecule has 15 rings (SSSR count). The summed E-state index contributed by atoms with van der Waals surface area (Å²) in [6.07, 6.45) is 6.69. The molecule has 3 nitrogen and oxygen atoms in total. The van der Waals surface area contributed by atoms with E-state index in [4.69, 9.17) is 0 Å². The molecule has 0 bridgehead atoms. The minimum absolute atomic E-state index is 0.0124. The summed E-state index contributed by atoms with van der Waals surface area (Å²) in [4.78, 5) is 8.11. The first kappa shape index (κ1) is 43.1. The Morgan fingerprint density at radius 1 is 0.466 bits per heavy atom. The normalized spacial score (nSPS) is 19.3. The molecule has 354 valence electrons. The highest BCUT2D eigenvalue weighted by atomic mass is 15.3. The zero-order valence-electron chi connectivity index (χ0n) is 43.0. The zero-order chi connectivity index (χ0) is 49.1. The molecule has 9 aromatic carbocycles. The van der Waals surface area contributed by atoms with Crippen molar-refractivity contribution in [2.24, 2.45) is 0 Å². The monoisotopic (exact) mass is 941 g/mol. The van der Waals surface area contributed by atoms with Crippen molar-refractivity contribution in [3.05, 3.63) is 221 Å². The van der Waals surface area contributed by atoms with E-state index >= 15 is 0 Å². The summed E-state index contributed by atoms with van der Waals surface area (Å²) in [7, 11) is 0. The lowest BCUT2D eigenvalue weighted by Gasteiger charge is -2.50. The predicted molar refractivity (Wildman–Crippen MR) is 309 cm³/mol. The Hall–Kier alpha value is -7.56. The fourth-order valence-corrected chi connectivity index (χ4v) is 14.8. The van der Waals surface area contributed by atoms with Crippen LogP contribution in [0.25, 0.3) is 33.4 Å². The van der Waals surface area contributed by atoms with E-state index in [1.54, 1.807) is 0 Å². The lowest BCUT2D eigenvalue weighted by Crippen LogP contribution is -2.61. The van der Waals surface area contributed by atoms with E-state index in [2.05, 4.69) is 238 Å². The number of anilines is 8. The quantitative estimate of drug-likeness (QED) is 0.163. The van der Waals surface area contributed by atoms with Gasteiger partial charge in [-0.1, -0.05) is 162 Å². The molecule has 9 aromatic rings. The maximum Gasteiger partial charge on any atom is 0.252 e. The summed E-state index contributed by atoms with van der Waals surface area (Å²) in [5.41, 5.74) is 31.9. The van der Waals surface area contributed by atoms with Crippen LogP contribution < -0.4 is 31.1 Å². The minimum Gasteiger partial charge on any atom is -0.334 e. The summed E-state index contributed by atoms with van der Waals surface area (Å²) in [5.74, 6) is 0. The van der Waals surface area contributed by atoms with Gasteiger partial charge >= 0.3 is 0 Å². The van der Waals surface area contributed by atoms with Crippen LogP contribution in [0.4, 0.5) is 45.5 Å². The van der Waals surface area contributed by atoms with Gasteiger partial charge in [-0.05, 0) is 188 Å². The van der Waals surface area contributed by atoms with Crippen LogP contribution >= 0.6 is 0 Å². The average Bonchev–Trinajstić information content (AvgIpc) is 4.05. The van der Waals surface area contributed by atoms with Crippen LogP contribution in [0, 0.1) is 6.92 Å². The van der Waals surface area contributed by atoms with E-state index in [9.17, 15) is 0 Å². The van der Waals surface area contributed by atoms with Crippen molar-refractivity contribution in [1.29, 1.82) is 0 Å². The van der Waals surface area contributed by atoms with Crippen LogP contribution in [0.5, 0.6) is 0 Å². The van der Waals surface area contributed by atoms with Gasteiger partial charge in [-0.25, -0.2) is 0 Å². The number of rotatable bonds is 4. The number of nitrogens with zero attached hydrogens (tertiary/aromatic N) is 3. The number of hydrogen-bond donors (Lipinski definition) is 0. The van der Waals surface area contributed by atoms with Crippen molar-refractivity contribution >= 4 is 68.6 Å². The summed E-state index contributed by atoms with van der Waals surface area (Å²) < 4.78 is 0. The molecule has 73 heavy (non-hydrogen) atoms. The van der Waals surface area contributed by atoms with Crippen LogP contribution in [0.3, 0.4) is 0 Å². The van der Waals surface area contributed by atoms with Gasteiger partial charge in [0, 0.05) is 51.6 Å². The standard InChI is InChI=1S/C69H60BN3/c1-43-35-64-66-65(36-43)72(60-24-16-23-54-52-21-12-11-20-47(52)38-56(54)60)63-42-51(73-61-31-26-45(44-17-8-7-9-18-44)39-57(61)68(5)33-14-15-34-69(68,73)6)29-30-58(63)70(66)59-40-49(67(2,3)4)27-32-62(59)71(64)50-28-25-48-37-46-19-10-13-22-53(46)55(48)41-50/h7-13,16-32,35-36,39-42H,14-15,33-34,37-38H2,1-6H3. The van der Waals surface area contributed by atoms with Gasteiger partial charge in [0.15, 0.2) is 0 Å². The maximum atomic E-state index is 2.79. The first-order valence-electron chi connectivity index (χ1n) is 26.9. The molecule has 3 aliphatic heterocycles. The molecule has 0 radical (unpaired) electrons. The maximum absolute atomic E-state index is 2.79. The Balaban J connectivity index is 0.992. The smallest absolute Gasteiger partial charge is 0.252 e. The molecule has 3 aliphatic carbocycles. The summed E-state index contributed by atoms with van der Waals surface area (Å²) >= 11 is 0. The van der Waals surface area contributed by atoms with Crippen molar-refractivity contribution in [3.8, 4) is 33.4 Å². The highest BCUT2D eigenvalue weighted by Gasteiger charge is 2.58. The predicted octanol–water partition coefficient (Wildman–Crippen LogP) is 15.9. The fraction of sp³-hybridized carbons (Fsp3) is 0.217. The third-order valence-corrected chi connectivity index (χ3v) is 18.6. The summed E-state index contributed by atoms with van der Waals surface area (Å²) in [5, 5.41) is 0. The minimum atomic E-state index is -0.107. The van der Waals surface area contributed by atoms with Crippen molar-refractivity contribution in [2.45, 2.75) is 96.4 Å². The lowest BCUT2D eigenvalue weighted by molar-refractivity contribution is 0.195. The van der Waals surface area contributed by atoms with E-state index in [-0.39, 0.29) is 23.1 Å². The molecule has 2 unspecified atom stereocenters. The van der Waals surface area contributed by atoms with E-state index in [1.165, 1.54) is 153 Å². The molecule has 1 fully saturated rings.